The van der Waals surface area contributed by atoms with Gasteiger partial charge in [0, 0.05) is 18.9 Å². The fourth-order valence-corrected chi connectivity index (χ4v) is 4.04. The van der Waals surface area contributed by atoms with Gasteiger partial charge in [-0.1, -0.05) is 62.2 Å². The van der Waals surface area contributed by atoms with Crippen LogP contribution in [0.2, 0.25) is 0 Å². The number of carbonyl (C=O) groups is 2. The van der Waals surface area contributed by atoms with Gasteiger partial charge in [0.2, 0.25) is 0 Å². The molecule has 1 aromatic rings. The molecule has 1 N–H and O–H groups in total. The van der Waals surface area contributed by atoms with Crippen molar-refractivity contribution in [3.63, 3.8) is 0 Å². The van der Waals surface area contributed by atoms with Gasteiger partial charge in [-0.05, 0) is 50.0 Å². The molecule has 0 spiro atoms. The summed E-state index contributed by atoms with van der Waals surface area (Å²) in [5.41, 5.74) is 1.24. The second kappa shape index (κ2) is 12.7. The van der Waals surface area contributed by atoms with Gasteiger partial charge in [-0.3, -0.25) is 4.79 Å². The van der Waals surface area contributed by atoms with Gasteiger partial charge in [-0.2, -0.15) is 8.78 Å². The van der Waals surface area contributed by atoms with Gasteiger partial charge in [0.05, 0.1) is 12.1 Å². The van der Waals surface area contributed by atoms with Crippen LogP contribution in [0.4, 0.5) is 8.78 Å². The molecule has 1 saturated heterocycles. The largest absolute Gasteiger partial charge is 0.550 e. The van der Waals surface area contributed by atoms with Gasteiger partial charge >= 0.3 is 5.92 Å². The topological polar surface area (TPSA) is 80.7 Å². The van der Waals surface area contributed by atoms with E-state index in [-0.39, 0.29) is 18.9 Å². The third-order valence-electron chi connectivity index (χ3n) is 6.05. The number of aliphatic hydroxyl groups is 1. The number of nitrogens with zero attached hydrogens (tertiary/aromatic N) is 1. The minimum absolute atomic E-state index is 0.0203. The Balaban J connectivity index is 1.81. The fourth-order valence-electron chi connectivity index (χ4n) is 4.04. The third kappa shape index (κ3) is 8.34. The van der Waals surface area contributed by atoms with Crippen LogP contribution >= 0.6 is 0 Å². The lowest BCUT2D eigenvalue weighted by molar-refractivity contribution is -0.305. The molecule has 1 amide bonds. The maximum absolute atomic E-state index is 14.0. The fraction of sp³-hybridized carbons (Fsp3) is 0.600. The van der Waals surface area contributed by atoms with Crippen LogP contribution in [0.1, 0.15) is 63.9 Å². The molecule has 0 radical (unpaired) electrons. The van der Waals surface area contributed by atoms with Gasteiger partial charge < -0.3 is 19.9 Å². The zero-order valence-corrected chi connectivity index (χ0v) is 18.7. The predicted octanol–water partition coefficient (Wildman–Crippen LogP) is 3.50. The van der Waals surface area contributed by atoms with Crippen molar-refractivity contribution in [1.29, 1.82) is 0 Å². The SMILES string of the molecule is C[C@H](CCCc1ccccc1)[C@H](O)/C=C/[C@H]1CC(F)(F)C(=O)N1CCCCCCC(=O)[O-]. The Hall–Kier alpha value is -2.28. The second-order valence-electron chi connectivity index (χ2n) is 8.74. The van der Waals surface area contributed by atoms with Crippen molar-refractivity contribution in [3.8, 4) is 0 Å². The van der Waals surface area contributed by atoms with Gasteiger partial charge in [0.25, 0.3) is 5.91 Å². The minimum atomic E-state index is -3.39. The van der Waals surface area contributed by atoms with E-state index in [0.29, 0.717) is 25.7 Å². The number of hydrogen-bond acceptors (Lipinski definition) is 4. The molecular weight excluding hydrogens is 416 g/mol. The Kier molecular flexibility index (Phi) is 10.3. The van der Waals surface area contributed by atoms with Crippen LogP contribution in [0.25, 0.3) is 0 Å². The molecular formula is C25H34F2NO4-. The van der Waals surface area contributed by atoms with Gasteiger partial charge in [-0.15, -0.1) is 0 Å². The molecule has 0 unspecified atom stereocenters. The van der Waals surface area contributed by atoms with Gasteiger partial charge in [0.1, 0.15) is 0 Å². The number of likely N-dealkylation sites (tertiary alicyclic amines) is 1. The lowest BCUT2D eigenvalue weighted by atomic mass is 9.95. The minimum Gasteiger partial charge on any atom is -0.550 e. The molecule has 1 heterocycles. The molecule has 2 rings (SSSR count). The molecule has 0 aliphatic carbocycles. The monoisotopic (exact) mass is 450 g/mol. The number of carboxylic acid groups (broad SMARTS) is 1. The first-order valence-corrected chi connectivity index (χ1v) is 11.5. The molecule has 0 bridgehead atoms. The highest BCUT2D eigenvalue weighted by molar-refractivity contribution is 5.86. The number of rotatable bonds is 14. The molecule has 1 fully saturated rings. The third-order valence-corrected chi connectivity index (χ3v) is 6.05. The summed E-state index contributed by atoms with van der Waals surface area (Å²) in [7, 11) is 0. The lowest BCUT2D eigenvalue weighted by Gasteiger charge is -2.22. The normalized spacial score (nSPS) is 20.1. The van der Waals surface area contributed by atoms with E-state index < -0.39 is 36.4 Å². The highest BCUT2D eigenvalue weighted by Crippen LogP contribution is 2.34. The summed E-state index contributed by atoms with van der Waals surface area (Å²) in [6.45, 7) is 2.12. The molecule has 1 aliphatic heterocycles. The molecule has 0 aromatic heterocycles. The van der Waals surface area contributed by atoms with Crippen LogP contribution < -0.4 is 5.11 Å². The standard InChI is InChI=1S/C25H35F2NO4/c1-19(10-9-13-20-11-5-4-6-12-20)22(29)16-15-21-18-25(26,27)24(32)28(21)17-8-3-2-7-14-23(30)31/h4-6,11-12,15-16,19,21-22,29H,2-3,7-10,13-14,17-18H2,1H3,(H,30,31)/p-1/b16-15+/t19-,21+,22-/m1/s1. The highest BCUT2D eigenvalue weighted by Gasteiger charge is 2.52. The van der Waals surface area contributed by atoms with Crippen LogP contribution in [-0.4, -0.2) is 46.5 Å². The van der Waals surface area contributed by atoms with Crippen molar-refractivity contribution in [3.05, 3.63) is 48.0 Å². The number of aliphatic hydroxyl groups excluding tert-OH is 1. The van der Waals surface area contributed by atoms with Crippen LogP contribution in [0.5, 0.6) is 0 Å². The predicted molar refractivity (Wildman–Crippen MR) is 117 cm³/mol. The summed E-state index contributed by atoms with van der Waals surface area (Å²) in [5.74, 6) is -5.69. The molecule has 7 heteroatoms. The van der Waals surface area contributed by atoms with E-state index in [1.807, 2.05) is 25.1 Å². The Labute approximate surface area is 189 Å². The summed E-state index contributed by atoms with van der Waals surface area (Å²) in [5, 5.41) is 20.9. The van der Waals surface area contributed by atoms with E-state index in [1.54, 1.807) is 6.08 Å². The van der Waals surface area contributed by atoms with Crippen molar-refractivity contribution in [2.24, 2.45) is 5.92 Å². The summed E-state index contributed by atoms with van der Waals surface area (Å²) >= 11 is 0. The summed E-state index contributed by atoms with van der Waals surface area (Å²) < 4.78 is 28.0. The van der Waals surface area contributed by atoms with Gasteiger partial charge in [0.15, 0.2) is 0 Å². The number of hydrogen-bond donors (Lipinski definition) is 1. The number of halogens is 2. The average molecular weight is 451 g/mol. The Bertz CT molecular complexity index is 754. The van der Waals surface area contributed by atoms with E-state index in [1.165, 1.54) is 16.5 Å². The number of aryl methyl sites for hydroxylation is 1. The quantitative estimate of drug-likeness (QED) is 0.348. The van der Waals surface area contributed by atoms with E-state index in [9.17, 15) is 28.6 Å². The Morgan fingerprint density at radius 1 is 1.22 bits per heavy atom. The number of unbranched alkanes of at least 4 members (excludes halogenated alkanes) is 3. The maximum Gasteiger partial charge on any atom is 0.327 e. The van der Waals surface area contributed by atoms with Crippen LogP contribution in [0, 0.1) is 5.92 Å². The molecule has 32 heavy (non-hydrogen) atoms. The van der Waals surface area contributed by atoms with E-state index in [2.05, 4.69) is 12.1 Å². The maximum atomic E-state index is 14.0. The summed E-state index contributed by atoms with van der Waals surface area (Å²) in [6, 6.07) is 9.35. The number of aliphatic carboxylic acids is 1. The van der Waals surface area contributed by atoms with Crippen molar-refractivity contribution < 1.29 is 28.6 Å². The van der Waals surface area contributed by atoms with E-state index in [0.717, 1.165) is 19.3 Å². The second-order valence-corrected chi connectivity index (χ2v) is 8.74. The van der Waals surface area contributed by atoms with Crippen molar-refractivity contribution in [2.45, 2.75) is 82.8 Å². The zero-order chi connectivity index (χ0) is 23.6. The molecule has 1 aromatic carbocycles. The first-order valence-electron chi connectivity index (χ1n) is 11.5. The molecule has 1 aliphatic rings. The number of carboxylic acids is 1. The molecule has 178 valence electrons. The number of carbonyl (C=O) groups excluding carboxylic acids is 2. The van der Waals surface area contributed by atoms with Crippen molar-refractivity contribution >= 4 is 11.9 Å². The number of alkyl halides is 2. The lowest BCUT2D eigenvalue weighted by Crippen LogP contribution is -2.36. The first-order chi connectivity index (χ1) is 15.2. The summed E-state index contributed by atoms with van der Waals surface area (Å²) in [6.07, 6.45) is 6.65. The van der Waals surface area contributed by atoms with Crippen molar-refractivity contribution in [1.82, 2.24) is 4.90 Å². The Morgan fingerprint density at radius 2 is 1.91 bits per heavy atom. The molecule has 0 saturated carbocycles. The van der Waals surface area contributed by atoms with Gasteiger partial charge in [-0.25, -0.2) is 0 Å². The number of benzene rings is 1. The first kappa shape index (κ1) is 26.0. The zero-order valence-electron chi connectivity index (χ0n) is 18.7. The smallest absolute Gasteiger partial charge is 0.327 e. The molecule has 3 atom stereocenters. The van der Waals surface area contributed by atoms with E-state index in [4.69, 9.17) is 0 Å². The van der Waals surface area contributed by atoms with Crippen LogP contribution in [0.3, 0.4) is 0 Å². The number of amides is 1. The van der Waals surface area contributed by atoms with Crippen molar-refractivity contribution in [2.75, 3.05) is 6.54 Å². The summed E-state index contributed by atoms with van der Waals surface area (Å²) in [4.78, 5) is 23.7. The van der Waals surface area contributed by atoms with Crippen LogP contribution in [-0.2, 0) is 16.0 Å². The van der Waals surface area contributed by atoms with Crippen LogP contribution in [0.15, 0.2) is 42.5 Å². The average Bonchev–Trinajstić information content (AvgIpc) is 2.97. The highest BCUT2D eigenvalue weighted by atomic mass is 19.3. The molecule has 5 nitrogen and oxygen atoms in total. The Morgan fingerprint density at radius 3 is 2.59 bits per heavy atom. The van der Waals surface area contributed by atoms with E-state index >= 15 is 0 Å².